The van der Waals surface area contributed by atoms with Crippen molar-refractivity contribution in [1.29, 1.82) is 0 Å². The van der Waals surface area contributed by atoms with Gasteiger partial charge in [0, 0.05) is 24.7 Å². The highest BCUT2D eigenvalue weighted by Gasteiger charge is 2.03. The van der Waals surface area contributed by atoms with E-state index in [-0.39, 0.29) is 5.91 Å². The number of carbonyl (C=O) groups excluding carboxylic acids is 1. The highest BCUT2D eigenvalue weighted by molar-refractivity contribution is 5.80. The van der Waals surface area contributed by atoms with Crippen LogP contribution in [-0.4, -0.2) is 24.0 Å². The van der Waals surface area contributed by atoms with Gasteiger partial charge in [0.1, 0.15) is 5.75 Å². The first kappa shape index (κ1) is 17.1. The van der Waals surface area contributed by atoms with Crippen molar-refractivity contribution in [1.82, 2.24) is 10.3 Å². The molecule has 2 N–H and O–H groups in total. The first-order valence-electron chi connectivity index (χ1n) is 8.73. The van der Waals surface area contributed by atoms with E-state index in [1.165, 1.54) is 16.5 Å². The predicted octanol–water partition coefficient (Wildman–Crippen LogP) is 3.99. The summed E-state index contributed by atoms with van der Waals surface area (Å²) >= 11 is 0. The van der Waals surface area contributed by atoms with Crippen LogP contribution in [-0.2, 0) is 11.2 Å². The number of aromatic amines is 1. The third kappa shape index (κ3) is 5.11. The van der Waals surface area contributed by atoms with Crippen molar-refractivity contribution in [2.75, 3.05) is 13.2 Å². The van der Waals surface area contributed by atoms with Gasteiger partial charge in [-0.25, -0.2) is 0 Å². The summed E-state index contributed by atoms with van der Waals surface area (Å²) in [7, 11) is 0. The van der Waals surface area contributed by atoms with Crippen LogP contribution in [0.15, 0.2) is 54.7 Å². The average molecular weight is 336 g/mol. The van der Waals surface area contributed by atoms with Crippen LogP contribution in [0, 0.1) is 6.92 Å². The first-order chi connectivity index (χ1) is 12.2. The smallest absolute Gasteiger partial charge is 0.220 e. The highest BCUT2D eigenvalue weighted by atomic mass is 16.5. The number of nitrogens with one attached hydrogen (secondary N) is 2. The predicted molar refractivity (Wildman–Crippen MR) is 101 cm³/mol. The Kier molecular flexibility index (Phi) is 5.73. The lowest BCUT2D eigenvalue weighted by molar-refractivity contribution is -0.121. The van der Waals surface area contributed by atoms with Gasteiger partial charge in [-0.05, 0) is 55.0 Å². The zero-order valence-corrected chi connectivity index (χ0v) is 14.5. The molecule has 0 aliphatic carbocycles. The molecule has 0 saturated heterocycles. The van der Waals surface area contributed by atoms with Crippen molar-refractivity contribution in [3.8, 4) is 5.75 Å². The molecule has 0 bridgehead atoms. The summed E-state index contributed by atoms with van der Waals surface area (Å²) in [6, 6.07) is 16.4. The maximum atomic E-state index is 11.9. The summed E-state index contributed by atoms with van der Waals surface area (Å²) in [5.74, 6) is 0.930. The summed E-state index contributed by atoms with van der Waals surface area (Å²) in [6.45, 7) is 3.26. The minimum Gasteiger partial charge on any atom is -0.494 e. The Morgan fingerprint density at radius 3 is 2.80 bits per heavy atom. The monoisotopic (exact) mass is 336 g/mol. The fraction of sp³-hybridized carbons (Fsp3) is 0.286. The van der Waals surface area contributed by atoms with Crippen LogP contribution < -0.4 is 10.1 Å². The lowest BCUT2D eigenvalue weighted by Gasteiger charge is -2.07. The van der Waals surface area contributed by atoms with Crippen LogP contribution >= 0.6 is 0 Å². The second-order valence-corrected chi connectivity index (χ2v) is 6.26. The quantitative estimate of drug-likeness (QED) is 0.611. The van der Waals surface area contributed by atoms with Crippen LogP contribution in [0.5, 0.6) is 5.75 Å². The molecule has 3 rings (SSSR count). The maximum Gasteiger partial charge on any atom is 0.220 e. The van der Waals surface area contributed by atoms with Gasteiger partial charge in [-0.3, -0.25) is 4.79 Å². The fourth-order valence-corrected chi connectivity index (χ4v) is 2.74. The third-order valence-corrected chi connectivity index (χ3v) is 4.19. The molecular weight excluding hydrogens is 312 g/mol. The van der Waals surface area contributed by atoms with Gasteiger partial charge in [-0.2, -0.15) is 0 Å². The number of carbonyl (C=O) groups is 1. The average Bonchev–Trinajstić information content (AvgIpc) is 3.08. The van der Waals surface area contributed by atoms with Crippen molar-refractivity contribution >= 4 is 16.8 Å². The fourth-order valence-electron chi connectivity index (χ4n) is 2.74. The number of aromatic nitrogens is 1. The molecule has 130 valence electrons. The van der Waals surface area contributed by atoms with Crippen molar-refractivity contribution in [3.63, 3.8) is 0 Å². The molecule has 1 amide bonds. The molecule has 0 aliphatic heterocycles. The van der Waals surface area contributed by atoms with E-state index in [1.807, 2.05) is 37.4 Å². The second-order valence-electron chi connectivity index (χ2n) is 6.26. The summed E-state index contributed by atoms with van der Waals surface area (Å²) in [6.07, 6.45) is 3.98. The summed E-state index contributed by atoms with van der Waals surface area (Å²) < 4.78 is 5.63. The Morgan fingerprint density at radius 1 is 1.12 bits per heavy atom. The van der Waals surface area contributed by atoms with E-state index in [0.717, 1.165) is 17.7 Å². The molecule has 0 atom stereocenters. The lowest BCUT2D eigenvalue weighted by atomic mass is 10.1. The van der Waals surface area contributed by atoms with Crippen molar-refractivity contribution in [2.45, 2.75) is 26.2 Å². The number of amides is 1. The van der Waals surface area contributed by atoms with E-state index in [1.54, 1.807) is 0 Å². The molecule has 1 aromatic heterocycles. The number of H-pyrrole nitrogens is 1. The molecule has 4 heteroatoms. The largest absolute Gasteiger partial charge is 0.494 e. The van der Waals surface area contributed by atoms with Gasteiger partial charge in [0.05, 0.1) is 6.61 Å². The Balaban J connectivity index is 1.31. The van der Waals surface area contributed by atoms with Gasteiger partial charge in [-0.15, -0.1) is 0 Å². The molecule has 0 unspecified atom stereocenters. The number of ether oxygens (including phenoxy) is 1. The topological polar surface area (TPSA) is 54.1 Å². The normalized spacial score (nSPS) is 10.8. The van der Waals surface area contributed by atoms with Crippen molar-refractivity contribution < 1.29 is 9.53 Å². The Bertz CT molecular complexity index is 821. The standard InChI is InChI=1S/C21H24N2O2/c1-16-4-8-19(9-5-16)25-14-2-3-21(24)23-12-10-17-6-7-18-11-13-22-20(18)15-17/h4-9,11,13,15,22H,2-3,10,12,14H2,1H3,(H,23,24). The van der Waals surface area contributed by atoms with E-state index < -0.39 is 0 Å². The Labute approximate surface area is 148 Å². The van der Waals surface area contributed by atoms with Crippen molar-refractivity contribution in [2.24, 2.45) is 0 Å². The minimum atomic E-state index is 0.0773. The molecular formula is C21H24N2O2. The molecule has 0 aliphatic rings. The molecule has 0 saturated carbocycles. The molecule has 4 nitrogen and oxygen atoms in total. The molecule has 3 aromatic rings. The second kappa shape index (κ2) is 8.38. The molecule has 25 heavy (non-hydrogen) atoms. The number of hydrogen-bond donors (Lipinski definition) is 2. The SMILES string of the molecule is Cc1ccc(OCCCC(=O)NCCc2ccc3cc[nH]c3c2)cc1. The van der Waals surface area contributed by atoms with Gasteiger partial charge >= 0.3 is 0 Å². The Hall–Kier alpha value is -2.75. The van der Waals surface area contributed by atoms with Gasteiger partial charge in [0.2, 0.25) is 5.91 Å². The molecule has 0 fully saturated rings. The zero-order chi connectivity index (χ0) is 17.5. The van der Waals surface area contributed by atoms with Crippen LogP contribution in [0.1, 0.15) is 24.0 Å². The van der Waals surface area contributed by atoms with Gasteiger partial charge in [0.25, 0.3) is 0 Å². The van der Waals surface area contributed by atoms with Gasteiger partial charge in [-0.1, -0.05) is 29.8 Å². The number of rotatable bonds is 8. The van der Waals surface area contributed by atoms with E-state index in [2.05, 4.69) is 34.6 Å². The minimum absolute atomic E-state index is 0.0773. The number of benzene rings is 2. The Morgan fingerprint density at radius 2 is 1.96 bits per heavy atom. The number of aryl methyl sites for hydroxylation is 1. The lowest BCUT2D eigenvalue weighted by Crippen LogP contribution is -2.25. The molecule has 0 spiro atoms. The summed E-state index contributed by atoms with van der Waals surface area (Å²) in [4.78, 5) is 15.1. The van der Waals surface area contributed by atoms with Gasteiger partial charge in [0.15, 0.2) is 0 Å². The molecule has 0 radical (unpaired) electrons. The third-order valence-electron chi connectivity index (χ3n) is 4.19. The molecule has 2 aromatic carbocycles. The first-order valence-corrected chi connectivity index (χ1v) is 8.73. The van der Waals surface area contributed by atoms with Crippen LogP contribution in [0.2, 0.25) is 0 Å². The van der Waals surface area contributed by atoms with E-state index >= 15 is 0 Å². The highest BCUT2D eigenvalue weighted by Crippen LogP contribution is 2.14. The zero-order valence-electron chi connectivity index (χ0n) is 14.5. The number of hydrogen-bond acceptors (Lipinski definition) is 2. The maximum absolute atomic E-state index is 11.9. The summed E-state index contributed by atoms with van der Waals surface area (Å²) in [5, 5.41) is 4.18. The van der Waals surface area contributed by atoms with Crippen LogP contribution in [0.25, 0.3) is 10.9 Å². The number of fused-ring (bicyclic) bond motifs is 1. The summed E-state index contributed by atoms with van der Waals surface area (Å²) in [5.41, 5.74) is 3.57. The van der Waals surface area contributed by atoms with Crippen LogP contribution in [0.4, 0.5) is 0 Å². The van der Waals surface area contributed by atoms with Crippen LogP contribution in [0.3, 0.4) is 0 Å². The van der Waals surface area contributed by atoms with E-state index in [9.17, 15) is 4.79 Å². The van der Waals surface area contributed by atoms with E-state index in [4.69, 9.17) is 4.74 Å². The molecule has 1 heterocycles. The van der Waals surface area contributed by atoms with E-state index in [0.29, 0.717) is 26.0 Å². The van der Waals surface area contributed by atoms with Crippen molar-refractivity contribution in [3.05, 3.63) is 65.9 Å². The van der Waals surface area contributed by atoms with Gasteiger partial charge < -0.3 is 15.0 Å².